The lowest BCUT2D eigenvalue weighted by Gasteiger charge is -2.31. The van der Waals surface area contributed by atoms with E-state index < -0.39 is 11.5 Å². The van der Waals surface area contributed by atoms with Crippen molar-refractivity contribution in [2.24, 2.45) is 0 Å². The summed E-state index contributed by atoms with van der Waals surface area (Å²) in [4.78, 5) is 24.1. The number of nitrogens with one attached hydrogen (secondary N) is 1. The van der Waals surface area contributed by atoms with Crippen molar-refractivity contribution < 1.29 is 14.3 Å². The Morgan fingerprint density at radius 3 is 2.72 bits per heavy atom. The van der Waals surface area contributed by atoms with Gasteiger partial charge in [-0.3, -0.25) is 14.5 Å². The molecule has 188 valence electrons. The number of hydrogen-bond acceptors (Lipinski definition) is 7. The molecule has 0 saturated carbocycles. The van der Waals surface area contributed by atoms with Gasteiger partial charge in [-0.1, -0.05) is 6.92 Å². The molecule has 4 heterocycles. The third kappa shape index (κ3) is 4.89. The Balaban J connectivity index is 1.42. The second-order valence-electron chi connectivity index (χ2n) is 9.97. The first kappa shape index (κ1) is 24.1. The standard InChI is InChI=1S/C27H32N6O3/c1-5-32-10-7-20(8-11-32)33-15-19-13-23(21(27(3,4)35)14-22(19)31-33)29-25(34)24-16-36-26(30-24)18-6-9-28-17(2)12-18/h6,9,12-16,20,35H,5,7-8,10-11H2,1-4H3,(H,29,34). The first-order valence-electron chi connectivity index (χ1n) is 12.4. The van der Waals surface area contributed by atoms with Crippen LogP contribution in [0, 0.1) is 6.92 Å². The summed E-state index contributed by atoms with van der Waals surface area (Å²) in [5.74, 6) is -0.0702. The van der Waals surface area contributed by atoms with Crippen LogP contribution in [0.25, 0.3) is 22.4 Å². The van der Waals surface area contributed by atoms with Crippen LogP contribution in [0.5, 0.6) is 0 Å². The molecule has 0 bridgehead atoms. The molecule has 2 N–H and O–H groups in total. The number of carbonyl (C=O) groups is 1. The molecule has 0 radical (unpaired) electrons. The SMILES string of the molecule is CCN1CCC(n2cc3cc(NC(=O)c4coc(-c5ccnc(C)c5)n4)c(C(C)(C)O)cc3n2)CC1. The number of aromatic nitrogens is 4. The molecule has 0 spiro atoms. The number of fused-ring (bicyclic) bond motifs is 1. The molecule has 0 atom stereocenters. The second kappa shape index (κ2) is 9.48. The molecule has 0 aliphatic carbocycles. The number of nitrogens with zero attached hydrogens (tertiary/aromatic N) is 5. The normalized spacial score (nSPS) is 15.5. The lowest BCUT2D eigenvalue weighted by atomic mass is 9.95. The third-order valence-electron chi connectivity index (χ3n) is 6.83. The molecule has 9 heteroatoms. The molecule has 1 aromatic carbocycles. The number of benzene rings is 1. The molecule has 4 aromatic rings. The highest BCUT2D eigenvalue weighted by molar-refractivity contribution is 6.04. The van der Waals surface area contributed by atoms with E-state index >= 15 is 0 Å². The van der Waals surface area contributed by atoms with Crippen LogP contribution >= 0.6 is 0 Å². The molecule has 1 aliphatic rings. The number of hydrogen-bond donors (Lipinski definition) is 2. The number of aliphatic hydroxyl groups is 1. The summed E-state index contributed by atoms with van der Waals surface area (Å²) >= 11 is 0. The molecule has 1 fully saturated rings. The van der Waals surface area contributed by atoms with Crippen LogP contribution in [0.2, 0.25) is 0 Å². The van der Waals surface area contributed by atoms with Crippen LogP contribution in [-0.2, 0) is 5.60 Å². The van der Waals surface area contributed by atoms with Crippen molar-refractivity contribution in [1.29, 1.82) is 0 Å². The minimum Gasteiger partial charge on any atom is -0.444 e. The molecule has 9 nitrogen and oxygen atoms in total. The second-order valence-corrected chi connectivity index (χ2v) is 9.97. The molecular formula is C27H32N6O3. The predicted octanol–water partition coefficient (Wildman–Crippen LogP) is 4.53. The molecule has 1 saturated heterocycles. The number of piperidine rings is 1. The highest BCUT2D eigenvalue weighted by atomic mass is 16.3. The molecular weight excluding hydrogens is 456 g/mol. The van der Waals surface area contributed by atoms with Crippen molar-refractivity contribution >= 4 is 22.5 Å². The third-order valence-corrected chi connectivity index (χ3v) is 6.83. The Hall–Kier alpha value is -3.56. The van der Waals surface area contributed by atoms with E-state index in [0.29, 0.717) is 23.2 Å². The fourth-order valence-corrected chi connectivity index (χ4v) is 4.76. The maximum absolute atomic E-state index is 13.1. The van der Waals surface area contributed by atoms with E-state index in [4.69, 9.17) is 9.52 Å². The zero-order valence-electron chi connectivity index (χ0n) is 21.2. The molecule has 1 aliphatic heterocycles. The summed E-state index contributed by atoms with van der Waals surface area (Å²) in [6, 6.07) is 7.70. The number of anilines is 1. The lowest BCUT2D eigenvalue weighted by Crippen LogP contribution is -2.34. The maximum Gasteiger partial charge on any atom is 0.277 e. The Labute approximate surface area is 210 Å². The Bertz CT molecular complexity index is 1390. The summed E-state index contributed by atoms with van der Waals surface area (Å²) in [6.07, 6.45) is 7.14. The van der Waals surface area contributed by atoms with E-state index in [1.54, 1.807) is 26.1 Å². The van der Waals surface area contributed by atoms with Crippen molar-refractivity contribution in [3.8, 4) is 11.5 Å². The summed E-state index contributed by atoms with van der Waals surface area (Å²) in [6.45, 7) is 10.7. The first-order valence-corrected chi connectivity index (χ1v) is 12.4. The van der Waals surface area contributed by atoms with Crippen LogP contribution in [0.1, 0.15) is 61.4 Å². The van der Waals surface area contributed by atoms with Gasteiger partial charge in [0.1, 0.15) is 6.26 Å². The van der Waals surface area contributed by atoms with E-state index in [1.165, 1.54) is 6.26 Å². The Morgan fingerprint density at radius 2 is 2.03 bits per heavy atom. The fraction of sp³-hybridized carbons (Fsp3) is 0.407. The summed E-state index contributed by atoms with van der Waals surface area (Å²) in [5.41, 5.74) is 2.44. The van der Waals surface area contributed by atoms with Crippen LogP contribution < -0.4 is 5.32 Å². The number of pyridine rings is 1. The molecule has 36 heavy (non-hydrogen) atoms. The van der Waals surface area contributed by atoms with Crippen molar-refractivity contribution in [3.05, 3.63) is 59.9 Å². The van der Waals surface area contributed by atoms with Gasteiger partial charge < -0.3 is 19.7 Å². The quantitative estimate of drug-likeness (QED) is 0.410. The van der Waals surface area contributed by atoms with Crippen molar-refractivity contribution in [1.82, 2.24) is 24.6 Å². The molecule has 3 aromatic heterocycles. The Morgan fingerprint density at radius 1 is 1.25 bits per heavy atom. The maximum atomic E-state index is 13.1. The van der Waals surface area contributed by atoms with E-state index in [2.05, 4.69) is 27.1 Å². The van der Waals surface area contributed by atoms with Crippen LogP contribution in [-0.4, -0.2) is 55.3 Å². The topological polar surface area (TPSA) is 109 Å². The zero-order chi connectivity index (χ0) is 25.4. The number of aryl methyl sites for hydroxylation is 1. The van der Waals surface area contributed by atoms with Gasteiger partial charge in [0.05, 0.1) is 17.2 Å². The van der Waals surface area contributed by atoms with Crippen molar-refractivity contribution in [2.45, 2.75) is 52.2 Å². The number of likely N-dealkylation sites (tertiary alicyclic amines) is 1. The van der Waals surface area contributed by atoms with Gasteiger partial charge in [0, 0.05) is 53.4 Å². The first-order chi connectivity index (χ1) is 17.2. The average Bonchev–Trinajstić information content (AvgIpc) is 3.50. The highest BCUT2D eigenvalue weighted by Crippen LogP contribution is 2.33. The molecule has 0 unspecified atom stereocenters. The van der Waals surface area contributed by atoms with E-state index in [1.807, 2.05) is 36.0 Å². The highest BCUT2D eigenvalue weighted by Gasteiger charge is 2.26. The van der Waals surface area contributed by atoms with Crippen molar-refractivity contribution in [2.75, 3.05) is 25.0 Å². The van der Waals surface area contributed by atoms with Gasteiger partial charge in [0.15, 0.2) is 5.69 Å². The summed E-state index contributed by atoms with van der Waals surface area (Å²) in [7, 11) is 0. The van der Waals surface area contributed by atoms with Gasteiger partial charge in [-0.15, -0.1) is 0 Å². The lowest BCUT2D eigenvalue weighted by molar-refractivity contribution is 0.0793. The largest absolute Gasteiger partial charge is 0.444 e. The van der Waals surface area contributed by atoms with Gasteiger partial charge in [0.25, 0.3) is 5.91 Å². The minimum absolute atomic E-state index is 0.152. The van der Waals surface area contributed by atoms with Gasteiger partial charge in [-0.2, -0.15) is 5.10 Å². The zero-order valence-corrected chi connectivity index (χ0v) is 21.2. The van der Waals surface area contributed by atoms with Crippen LogP contribution in [0.3, 0.4) is 0 Å². The van der Waals surface area contributed by atoms with Gasteiger partial charge in [0.2, 0.25) is 5.89 Å². The van der Waals surface area contributed by atoms with Gasteiger partial charge >= 0.3 is 0 Å². The van der Waals surface area contributed by atoms with E-state index in [0.717, 1.165) is 54.6 Å². The van der Waals surface area contributed by atoms with E-state index in [-0.39, 0.29) is 5.69 Å². The molecule has 1 amide bonds. The van der Waals surface area contributed by atoms with E-state index in [9.17, 15) is 9.90 Å². The Kier molecular flexibility index (Phi) is 6.36. The minimum atomic E-state index is -1.18. The molecule has 5 rings (SSSR count). The number of rotatable bonds is 6. The fourth-order valence-electron chi connectivity index (χ4n) is 4.76. The number of carbonyl (C=O) groups excluding carboxylic acids is 1. The predicted molar refractivity (Wildman–Crippen MR) is 138 cm³/mol. The number of amides is 1. The van der Waals surface area contributed by atoms with Gasteiger partial charge in [-0.05, 0) is 64.4 Å². The number of oxazole rings is 1. The summed E-state index contributed by atoms with van der Waals surface area (Å²) in [5, 5.41) is 19.5. The van der Waals surface area contributed by atoms with Gasteiger partial charge in [-0.25, -0.2) is 4.98 Å². The summed E-state index contributed by atoms with van der Waals surface area (Å²) < 4.78 is 7.59. The van der Waals surface area contributed by atoms with Crippen LogP contribution in [0.4, 0.5) is 5.69 Å². The smallest absolute Gasteiger partial charge is 0.277 e. The van der Waals surface area contributed by atoms with Crippen molar-refractivity contribution in [3.63, 3.8) is 0 Å². The monoisotopic (exact) mass is 488 g/mol. The van der Waals surface area contributed by atoms with Crippen LogP contribution in [0.15, 0.2) is 47.3 Å². The average molecular weight is 489 g/mol.